The maximum atomic E-state index is 12.0. The molecule has 0 atom stereocenters. The first kappa shape index (κ1) is 16.0. The van der Waals surface area contributed by atoms with Gasteiger partial charge in [-0.15, -0.1) is 0 Å². The number of hydrogen-bond donors (Lipinski definition) is 1. The number of rotatable bonds is 5. The van der Waals surface area contributed by atoms with Crippen molar-refractivity contribution < 1.29 is 9.21 Å². The second-order valence-electron chi connectivity index (χ2n) is 5.04. The lowest BCUT2D eigenvalue weighted by molar-refractivity contribution is 0.245. The molecule has 0 bridgehead atoms. The number of carbonyl (C=O) groups is 1. The molecule has 0 aliphatic carbocycles. The number of benzene rings is 1. The summed E-state index contributed by atoms with van der Waals surface area (Å²) in [5, 5.41) is -0.0514. The number of nitrogens with zero attached hydrogens (tertiary/aromatic N) is 1. The summed E-state index contributed by atoms with van der Waals surface area (Å²) in [6, 6.07) is 13.7. The zero-order chi connectivity index (χ0) is 16.2. The topological polar surface area (TPSA) is 59.5 Å². The van der Waals surface area contributed by atoms with E-state index in [4.69, 9.17) is 22.4 Å². The number of amides is 1. The Morgan fingerprint density at radius 2 is 2.00 bits per heavy atom. The number of thiocarbonyl (C=S) groups is 1. The Morgan fingerprint density at radius 3 is 2.74 bits per heavy atom. The fourth-order valence-corrected chi connectivity index (χ4v) is 3.53. The minimum atomic E-state index is -0.0514. The van der Waals surface area contributed by atoms with E-state index in [2.05, 4.69) is 0 Å². The molecule has 1 amide bonds. The van der Waals surface area contributed by atoms with Gasteiger partial charge in [0.25, 0.3) is 5.24 Å². The third-order valence-corrected chi connectivity index (χ3v) is 4.91. The van der Waals surface area contributed by atoms with Gasteiger partial charge in [-0.1, -0.05) is 42.5 Å². The summed E-state index contributed by atoms with van der Waals surface area (Å²) in [5.41, 5.74) is 6.51. The Kier molecular flexibility index (Phi) is 4.95. The Morgan fingerprint density at radius 1 is 1.22 bits per heavy atom. The van der Waals surface area contributed by atoms with Gasteiger partial charge in [0, 0.05) is 12.1 Å². The van der Waals surface area contributed by atoms with Crippen molar-refractivity contribution in [2.24, 2.45) is 5.73 Å². The molecule has 1 saturated heterocycles. The highest BCUT2D eigenvalue weighted by Crippen LogP contribution is 2.34. The Balaban J connectivity index is 1.79. The number of nitrogens with two attached hydrogens (primary N) is 1. The van der Waals surface area contributed by atoms with Crippen LogP contribution in [-0.2, 0) is 0 Å². The van der Waals surface area contributed by atoms with Crippen molar-refractivity contribution in [3.8, 4) is 11.3 Å². The lowest BCUT2D eigenvalue weighted by atomic mass is 10.2. The van der Waals surface area contributed by atoms with Crippen LogP contribution in [0.2, 0.25) is 0 Å². The fraction of sp³-hybridized carbons (Fsp3) is 0.176. The van der Waals surface area contributed by atoms with Gasteiger partial charge in [0.1, 0.15) is 16.5 Å². The lowest BCUT2D eigenvalue weighted by Gasteiger charge is -2.13. The summed E-state index contributed by atoms with van der Waals surface area (Å²) < 4.78 is 5.83. The molecular formula is C17H16N2O2S2. The van der Waals surface area contributed by atoms with Gasteiger partial charge in [-0.2, -0.15) is 0 Å². The van der Waals surface area contributed by atoms with Gasteiger partial charge in [-0.25, -0.2) is 0 Å². The molecule has 6 heteroatoms. The van der Waals surface area contributed by atoms with Crippen molar-refractivity contribution in [2.45, 2.75) is 6.42 Å². The van der Waals surface area contributed by atoms with Gasteiger partial charge in [0.05, 0.1) is 4.91 Å². The average molecular weight is 344 g/mol. The van der Waals surface area contributed by atoms with Gasteiger partial charge in [0.2, 0.25) is 0 Å². The van der Waals surface area contributed by atoms with Crippen LogP contribution in [0.4, 0.5) is 4.79 Å². The van der Waals surface area contributed by atoms with Crippen molar-refractivity contribution in [3.63, 3.8) is 0 Å². The van der Waals surface area contributed by atoms with Gasteiger partial charge < -0.3 is 10.2 Å². The van der Waals surface area contributed by atoms with Crippen LogP contribution in [0.3, 0.4) is 0 Å². The van der Waals surface area contributed by atoms with Crippen molar-refractivity contribution in [3.05, 3.63) is 53.1 Å². The molecule has 0 saturated carbocycles. The molecule has 1 aliphatic heterocycles. The van der Waals surface area contributed by atoms with Crippen LogP contribution in [0, 0.1) is 0 Å². The first-order valence-electron chi connectivity index (χ1n) is 7.30. The lowest BCUT2D eigenvalue weighted by Crippen LogP contribution is -2.29. The fourth-order valence-electron chi connectivity index (χ4n) is 2.26. The van der Waals surface area contributed by atoms with E-state index in [0.717, 1.165) is 34.4 Å². The van der Waals surface area contributed by atoms with Crippen molar-refractivity contribution in [2.75, 3.05) is 13.1 Å². The predicted molar refractivity (Wildman–Crippen MR) is 98.1 cm³/mol. The van der Waals surface area contributed by atoms with Crippen LogP contribution < -0.4 is 5.73 Å². The van der Waals surface area contributed by atoms with Crippen LogP contribution in [0.25, 0.3) is 17.4 Å². The first-order chi connectivity index (χ1) is 11.2. The first-order valence-corrected chi connectivity index (χ1v) is 8.52. The standard InChI is InChI=1S/C17H16N2O2S2/c18-9-4-10-19-16(22)15(23-17(19)20)11-13-7-8-14(21-13)12-5-2-1-3-6-12/h1-3,5-8,11H,4,9-10,18H2. The molecule has 1 aromatic heterocycles. The van der Waals surface area contributed by atoms with Crippen LogP contribution in [0.1, 0.15) is 12.2 Å². The Hall–Kier alpha value is -1.89. The molecule has 23 heavy (non-hydrogen) atoms. The van der Waals surface area contributed by atoms with Crippen molar-refractivity contribution >= 4 is 40.3 Å². The summed E-state index contributed by atoms with van der Waals surface area (Å²) in [5.74, 6) is 1.47. The summed E-state index contributed by atoms with van der Waals surface area (Å²) in [7, 11) is 0. The number of thioether (sulfide) groups is 1. The van der Waals surface area contributed by atoms with E-state index in [1.165, 1.54) is 0 Å². The Bertz CT molecular complexity index is 753. The summed E-state index contributed by atoms with van der Waals surface area (Å²) in [6.45, 7) is 1.10. The zero-order valence-corrected chi connectivity index (χ0v) is 14.0. The average Bonchev–Trinajstić information content (AvgIpc) is 3.13. The minimum Gasteiger partial charge on any atom is -0.457 e. The maximum absolute atomic E-state index is 12.0. The molecule has 118 valence electrons. The number of furan rings is 1. The highest BCUT2D eigenvalue weighted by Gasteiger charge is 2.31. The Labute approximate surface area is 144 Å². The molecule has 1 aromatic carbocycles. The van der Waals surface area contributed by atoms with E-state index in [0.29, 0.717) is 23.8 Å². The summed E-state index contributed by atoms with van der Waals surface area (Å²) in [6.07, 6.45) is 2.55. The normalized spacial score (nSPS) is 16.6. The molecule has 4 nitrogen and oxygen atoms in total. The smallest absolute Gasteiger partial charge is 0.291 e. The highest BCUT2D eigenvalue weighted by molar-refractivity contribution is 8.19. The van der Waals surface area contributed by atoms with Crippen LogP contribution in [-0.4, -0.2) is 28.2 Å². The molecule has 1 aliphatic rings. The van der Waals surface area contributed by atoms with Crippen molar-refractivity contribution in [1.82, 2.24) is 4.90 Å². The van der Waals surface area contributed by atoms with Crippen LogP contribution in [0.5, 0.6) is 0 Å². The van der Waals surface area contributed by atoms with E-state index in [9.17, 15) is 4.79 Å². The quantitative estimate of drug-likeness (QED) is 0.653. The van der Waals surface area contributed by atoms with Gasteiger partial charge in [0.15, 0.2) is 0 Å². The van der Waals surface area contributed by atoms with Crippen LogP contribution in [0.15, 0.2) is 51.8 Å². The second-order valence-corrected chi connectivity index (χ2v) is 6.42. The summed E-state index contributed by atoms with van der Waals surface area (Å²) >= 11 is 6.52. The highest BCUT2D eigenvalue weighted by atomic mass is 32.2. The maximum Gasteiger partial charge on any atom is 0.291 e. The SMILES string of the molecule is NCCCN1C(=O)SC(=Cc2ccc(-c3ccccc3)o2)C1=S. The van der Waals surface area contributed by atoms with E-state index in [1.54, 1.807) is 4.90 Å². The van der Waals surface area contributed by atoms with E-state index in [-0.39, 0.29) is 5.24 Å². The molecule has 2 heterocycles. The van der Waals surface area contributed by atoms with Crippen LogP contribution >= 0.6 is 24.0 Å². The third-order valence-electron chi connectivity index (χ3n) is 3.42. The van der Waals surface area contributed by atoms with E-state index >= 15 is 0 Å². The number of hydrogen-bond acceptors (Lipinski definition) is 5. The minimum absolute atomic E-state index is 0.0514. The molecular weight excluding hydrogens is 328 g/mol. The summed E-state index contributed by atoms with van der Waals surface area (Å²) in [4.78, 5) is 14.9. The molecule has 0 spiro atoms. The number of carbonyl (C=O) groups excluding carboxylic acids is 1. The largest absolute Gasteiger partial charge is 0.457 e. The van der Waals surface area contributed by atoms with Gasteiger partial charge >= 0.3 is 0 Å². The molecule has 2 N–H and O–H groups in total. The molecule has 1 fully saturated rings. The second kappa shape index (κ2) is 7.12. The molecule has 0 unspecified atom stereocenters. The third kappa shape index (κ3) is 3.55. The van der Waals surface area contributed by atoms with E-state index < -0.39 is 0 Å². The monoisotopic (exact) mass is 344 g/mol. The van der Waals surface area contributed by atoms with Gasteiger partial charge in [-0.05, 0) is 42.9 Å². The van der Waals surface area contributed by atoms with E-state index in [1.807, 2.05) is 48.5 Å². The molecule has 3 rings (SSSR count). The predicted octanol–water partition coefficient (Wildman–Crippen LogP) is 4.13. The molecule has 0 radical (unpaired) electrons. The zero-order valence-electron chi connectivity index (χ0n) is 12.4. The molecule has 2 aromatic rings. The van der Waals surface area contributed by atoms with Gasteiger partial charge in [-0.3, -0.25) is 9.69 Å². The van der Waals surface area contributed by atoms with Crippen molar-refractivity contribution in [1.29, 1.82) is 0 Å².